The van der Waals surface area contributed by atoms with Crippen molar-refractivity contribution in [2.24, 2.45) is 0 Å². The number of rotatable bonds is 4. The number of aromatic nitrogens is 1. The zero-order valence-corrected chi connectivity index (χ0v) is 26.3. The van der Waals surface area contributed by atoms with Gasteiger partial charge in [0.2, 0.25) is 5.89 Å². The van der Waals surface area contributed by atoms with Crippen LogP contribution in [0.15, 0.2) is 154 Å². The van der Waals surface area contributed by atoms with Crippen LogP contribution < -0.4 is 4.90 Å². The second-order valence-electron chi connectivity index (χ2n) is 12.3. The normalized spacial score (nSPS) is 12.2. The predicted molar refractivity (Wildman–Crippen MR) is 199 cm³/mol. The number of furan rings is 1. The molecular formula is C43H24N2O2S. The second-order valence-corrected chi connectivity index (χ2v) is 13.4. The Hall–Kier alpha value is -6.17. The van der Waals surface area contributed by atoms with Gasteiger partial charge in [0.25, 0.3) is 0 Å². The Morgan fingerprint density at radius 3 is 2.15 bits per heavy atom. The third-order valence-electron chi connectivity index (χ3n) is 9.65. The lowest BCUT2D eigenvalue weighted by atomic mass is 10.0. The van der Waals surface area contributed by atoms with E-state index in [9.17, 15) is 0 Å². The molecule has 0 aliphatic heterocycles. The number of para-hydroxylation sites is 1. The highest BCUT2D eigenvalue weighted by Gasteiger charge is 2.30. The number of benzene rings is 7. The fraction of sp³-hybridized carbons (Fsp3) is 0. The molecule has 1 aliphatic carbocycles. The van der Waals surface area contributed by atoms with Crippen molar-refractivity contribution in [3.8, 4) is 34.0 Å². The molecule has 7 aromatic carbocycles. The van der Waals surface area contributed by atoms with Crippen LogP contribution in [0.2, 0.25) is 0 Å². The van der Waals surface area contributed by atoms with Gasteiger partial charge in [0, 0.05) is 75.8 Å². The van der Waals surface area contributed by atoms with Gasteiger partial charge in [-0.25, -0.2) is 4.98 Å². The van der Waals surface area contributed by atoms with Crippen LogP contribution in [0.4, 0.5) is 17.1 Å². The molecule has 0 radical (unpaired) electrons. The first-order valence-corrected chi connectivity index (χ1v) is 16.9. The van der Waals surface area contributed by atoms with Gasteiger partial charge >= 0.3 is 0 Å². The van der Waals surface area contributed by atoms with E-state index in [1.54, 1.807) is 0 Å². The predicted octanol–water partition coefficient (Wildman–Crippen LogP) is 12.9. The number of anilines is 3. The lowest BCUT2D eigenvalue weighted by Gasteiger charge is -2.27. The SMILES string of the molecule is c1ccc(-c2nc3c(o2)-c2cccc4c(N(c5ccc6c(c5)oc5ccccc56)c5ccc6c(c5)sc5ccccc56)ccc-3c24)cc1. The van der Waals surface area contributed by atoms with E-state index in [0.717, 1.165) is 77.9 Å². The molecule has 0 spiro atoms. The number of hydrogen-bond donors (Lipinski definition) is 0. The van der Waals surface area contributed by atoms with E-state index >= 15 is 0 Å². The minimum Gasteiger partial charge on any atom is -0.456 e. The molecule has 0 unspecified atom stereocenters. The van der Waals surface area contributed by atoms with Crippen LogP contribution in [-0.2, 0) is 0 Å². The van der Waals surface area contributed by atoms with E-state index in [2.05, 4.69) is 108 Å². The van der Waals surface area contributed by atoms with Gasteiger partial charge in [-0.1, -0.05) is 78.9 Å². The maximum atomic E-state index is 6.47. The molecular weight excluding hydrogens is 609 g/mol. The second kappa shape index (κ2) is 9.67. The molecule has 11 rings (SSSR count). The Morgan fingerprint density at radius 1 is 0.500 bits per heavy atom. The van der Waals surface area contributed by atoms with Gasteiger partial charge in [-0.05, 0) is 60.7 Å². The maximum Gasteiger partial charge on any atom is 0.227 e. The number of fused-ring (bicyclic) bond motifs is 9. The molecule has 224 valence electrons. The first kappa shape index (κ1) is 26.0. The van der Waals surface area contributed by atoms with Crippen molar-refractivity contribution >= 4 is 81.3 Å². The van der Waals surface area contributed by atoms with E-state index in [-0.39, 0.29) is 0 Å². The molecule has 5 heteroatoms. The summed E-state index contributed by atoms with van der Waals surface area (Å²) in [6, 6.07) is 51.3. The van der Waals surface area contributed by atoms with Crippen molar-refractivity contribution in [1.82, 2.24) is 4.98 Å². The van der Waals surface area contributed by atoms with E-state index < -0.39 is 0 Å². The van der Waals surface area contributed by atoms with Gasteiger partial charge < -0.3 is 13.7 Å². The summed E-state index contributed by atoms with van der Waals surface area (Å²) in [5, 5.41) is 7.10. The van der Waals surface area contributed by atoms with Gasteiger partial charge in [-0.3, -0.25) is 0 Å². The van der Waals surface area contributed by atoms with Gasteiger partial charge in [0.05, 0.1) is 5.69 Å². The van der Waals surface area contributed by atoms with E-state index in [4.69, 9.17) is 13.8 Å². The van der Waals surface area contributed by atoms with Crippen LogP contribution in [0, 0.1) is 0 Å². The molecule has 10 aromatic rings. The van der Waals surface area contributed by atoms with Crippen molar-refractivity contribution in [2.75, 3.05) is 4.90 Å². The Labute approximate surface area is 278 Å². The van der Waals surface area contributed by atoms with Crippen molar-refractivity contribution in [2.45, 2.75) is 0 Å². The van der Waals surface area contributed by atoms with Crippen molar-refractivity contribution < 1.29 is 8.83 Å². The van der Waals surface area contributed by atoms with E-state index in [0.29, 0.717) is 5.89 Å². The highest BCUT2D eigenvalue weighted by atomic mass is 32.1. The molecule has 0 saturated heterocycles. The Bertz CT molecular complexity index is 2770. The number of hydrogen-bond acceptors (Lipinski definition) is 5. The van der Waals surface area contributed by atoms with Crippen molar-refractivity contribution in [1.29, 1.82) is 0 Å². The molecule has 4 nitrogen and oxygen atoms in total. The summed E-state index contributed by atoms with van der Waals surface area (Å²) in [6.45, 7) is 0. The molecule has 0 fully saturated rings. The van der Waals surface area contributed by atoms with Crippen LogP contribution >= 0.6 is 11.3 Å². The van der Waals surface area contributed by atoms with Crippen LogP contribution in [0.3, 0.4) is 0 Å². The van der Waals surface area contributed by atoms with Gasteiger partial charge in [-0.2, -0.15) is 0 Å². The Morgan fingerprint density at radius 2 is 1.23 bits per heavy atom. The summed E-state index contributed by atoms with van der Waals surface area (Å²) < 4.78 is 15.4. The topological polar surface area (TPSA) is 42.4 Å². The third-order valence-corrected chi connectivity index (χ3v) is 10.8. The maximum absolute atomic E-state index is 6.47. The van der Waals surface area contributed by atoms with Crippen LogP contribution in [0.25, 0.3) is 86.9 Å². The first-order chi connectivity index (χ1) is 23.8. The summed E-state index contributed by atoms with van der Waals surface area (Å²) in [5.41, 5.74) is 8.99. The quantitative estimate of drug-likeness (QED) is 0.194. The number of thiophene rings is 1. The molecule has 0 amide bonds. The minimum absolute atomic E-state index is 0.643. The summed E-state index contributed by atoms with van der Waals surface area (Å²) >= 11 is 1.83. The largest absolute Gasteiger partial charge is 0.456 e. The zero-order chi connectivity index (χ0) is 31.3. The molecule has 1 aliphatic rings. The standard InChI is InChI=1S/C43H24N2O2S/c1-2-9-25(10-3-1)43-44-41-33-21-22-35(32-13-8-14-34(40(32)33)42(41)47-43)45(26-17-19-29-28-11-4-6-15-36(28)46-37(29)23-26)27-18-20-31-30-12-5-7-16-38(30)48-39(31)24-27/h1-24H. The van der Waals surface area contributed by atoms with Crippen molar-refractivity contribution in [3.05, 3.63) is 146 Å². The molecule has 3 aromatic heterocycles. The fourth-order valence-corrected chi connectivity index (χ4v) is 8.64. The Kier molecular flexibility index (Phi) is 5.23. The number of oxazole rings is 1. The fourth-order valence-electron chi connectivity index (χ4n) is 7.50. The van der Waals surface area contributed by atoms with E-state index in [1.165, 1.54) is 20.2 Å². The molecule has 0 bridgehead atoms. The summed E-state index contributed by atoms with van der Waals surface area (Å²) in [7, 11) is 0. The minimum atomic E-state index is 0.643. The highest BCUT2D eigenvalue weighted by Crippen LogP contribution is 2.52. The molecule has 0 atom stereocenters. The third kappa shape index (κ3) is 3.62. The monoisotopic (exact) mass is 632 g/mol. The average molecular weight is 633 g/mol. The lowest BCUT2D eigenvalue weighted by molar-refractivity contribution is 0.590. The zero-order valence-electron chi connectivity index (χ0n) is 25.5. The summed E-state index contributed by atoms with van der Waals surface area (Å²) in [6.07, 6.45) is 0. The van der Waals surface area contributed by atoms with E-state index in [1.807, 2.05) is 53.8 Å². The highest BCUT2D eigenvalue weighted by molar-refractivity contribution is 7.25. The molecule has 3 heterocycles. The first-order valence-electron chi connectivity index (χ1n) is 16.0. The lowest BCUT2D eigenvalue weighted by Crippen LogP contribution is -2.10. The van der Waals surface area contributed by atoms with Crippen LogP contribution in [0.1, 0.15) is 0 Å². The molecule has 0 saturated carbocycles. The Balaban J connectivity index is 1.14. The molecule has 48 heavy (non-hydrogen) atoms. The van der Waals surface area contributed by atoms with Gasteiger partial charge in [0.1, 0.15) is 16.9 Å². The number of nitrogens with zero attached hydrogens (tertiary/aromatic N) is 2. The summed E-state index contributed by atoms with van der Waals surface area (Å²) in [5.74, 6) is 1.47. The molecule has 0 N–H and O–H groups in total. The van der Waals surface area contributed by atoms with Gasteiger partial charge in [0.15, 0.2) is 5.76 Å². The van der Waals surface area contributed by atoms with Crippen LogP contribution in [0.5, 0.6) is 0 Å². The average Bonchev–Trinajstić information content (AvgIpc) is 3.90. The van der Waals surface area contributed by atoms with Crippen molar-refractivity contribution in [3.63, 3.8) is 0 Å². The smallest absolute Gasteiger partial charge is 0.227 e. The summed E-state index contributed by atoms with van der Waals surface area (Å²) in [4.78, 5) is 7.37. The van der Waals surface area contributed by atoms with Crippen LogP contribution in [-0.4, -0.2) is 4.98 Å². The van der Waals surface area contributed by atoms with Gasteiger partial charge in [-0.15, -0.1) is 11.3 Å².